The Morgan fingerprint density at radius 3 is 2.72 bits per heavy atom. The summed E-state index contributed by atoms with van der Waals surface area (Å²) < 4.78 is 26.3. The molecule has 1 aromatic carbocycles. The van der Waals surface area contributed by atoms with Crippen molar-refractivity contribution >= 4 is 15.7 Å². The maximum atomic E-state index is 11.8. The van der Waals surface area contributed by atoms with Gasteiger partial charge in [0.15, 0.2) is 0 Å². The number of nitrogens with one attached hydrogen (secondary N) is 1. The van der Waals surface area contributed by atoms with Gasteiger partial charge >= 0.3 is 0 Å². The first-order valence-corrected chi connectivity index (χ1v) is 7.38. The van der Waals surface area contributed by atoms with Crippen LogP contribution in [0.15, 0.2) is 18.2 Å². The van der Waals surface area contributed by atoms with Gasteiger partial charge in [-0.1, -0.05) is 11.8 Å². The SMILES string of the molecule is Cc1cc(C#CCN)cc(NS(=O)(=O)C2CC2)c1. The molecule has 0 saturated heterocycles. The van der Waals surface area contributed by atoms with Crippen molar-refractivity contribution in [1.82, 2.24) is 0 Å². The summed E-state index contributed by atoms with van der Waals surface area (Å²) in [6.07, 6.45) is 1.50. The molecule has 0 heterocycles. The molecule has 1 aliphatic rings. The fourth-order valence-electron chi connectivity index (χ4n) is 1.69. The first-order valence-electron chi connectivity index (χ1n) is 5.83. The predicted octanol–water partition coefficient (Wildman–Crippen LogP) is 1.21. The van der Waals surface area contributed by atoms with Crippen LogP contribution in [0.3, 0.4) is 0 Å². The fraction of sp³-hybridized carbons (Fsp3) is 0.385. The van der Waals surface area contributed by atoms with E-state index < -0.39 is 10.0 Å². The average molecular weight is 264 g/mol. The van der Waals surface area contributed by atoms with Crippen molar-refractivity contribution in [2.75, 3.05) is 11.3 Å². The fourth-order valence-corrected chi connectivity index (χ4v) is 3.06. The number of anilines is 1. The molecule has 1 aliphatic carbocycles. The summed E-state index contributed by atoms with van der Waals surface area (Å²) in [5.74, 6) is 5.66. The van der Waals surface area contributed by atoms with Crippen LogP contribution >= 0.6 is 0 Å². The highest BCUT2D eigenvalue weighted by atomic mass is 32.2. The van der Waals surface area contributed by atoms with Crippen molar-refractivity contribution < 1.29 is 8.42 Å². The molecular weight excluding hydrogens is 248 g/mol. The molecule has 0 amide bonds. The number of hydrogen-bond acceptors (Lipinski definition) is 3. The molecule has 2 rings (SSSR count). The minimum Gasteiger partial charge on any atom is -0.320 e. The third-order valence-corrected chi connectivity index (χ3v) is 4.50. The van der Waals surface area contributed by atoms with Gasteiger partial charge in [-0.2, -0.15) is 0 Å². The van der Waals surface area contributed by atoms with Crippen LogP contribution in [0.25, 0.3) is 0 Å². The lowest BCUT2D eigenvalue weighted by Crippen LogP contribution is -2.17. The van der Waals surface area contributed by atoms with E-state index in [9.17, 15) is 8.42 Å². The van der Waals surface area contributed by atoms with Gasteiger partial charge in [0.2, 0.25) is 10.0 Å². The van der Waals surface area contributed by atoms with Crippen molar-refractivity contribution in [3.05, 3.63) is 29.3 Å². The largest absolute Gasteiger partial charge is 0.320 e. The number of aryl methyl sites for hydroxylation is 1. The zero-order valence-electron chi connectivity index (χ0n) is 10.2. The lowest BCUT2D eigenvalue weighted by molar-refractivity contribution is 0.600. The number of rotatable bonds is 3. The highest BCUT2D eigenvalue weighted by Gasteiger charge is 2.35. The summed E-state index contributed by atoms with van der Waals surface area (Å²) in [5.41, 5.74) is 7.63. The minimum atomic E-state index is -3.22. The van der Waals surface area contributed by atoms with E-state index in [-0.39, 0.29) is 11.8 Å². The molecule has 96 valence electrons. The normalized spacial score (nSPS) is 14.8. The van der Waals surface area contributed by atoms with Crippen LogP contribution in [0, 0.1) is 18.8 Å². The number of nitrogens with two attached hydrogens (primary N) is 1. The summed E-state index contributed by atoms with van der Waals surface area (Å²) in [7, 11) is -3.22. The maximum Gasteiger partial charge on any atom is 0.235 e. The zero-order valence-corrected chi connectivity index (χ0v) is 11.0. The zero-order chi connectivity index (χ0) is 13.2. The Kier molecular flexibility index (Phi) is 3.60. The van der Waals surface area contributed by atoms with Crippen LogP contribution in [0.5, 0.6) is 0 Å². The van der Waals surface area contributed by atoms with E-state index in [0.29, 0.717) is 5.69 Å². The second kappa shape index (κ2) is 5.01. The molecule has 4 nitrogen and oxygen atoms in total. The standard InChI is InChI=1S/C13H16N2O2S/c1-10-7-11(3-2-6-14)9-12(8-10)15-18(16,17)13-4-5-13/h7-9,13,15H,4-6,14H2,1H3. The molecule has 0 radical (unpaired) electrons. The van der Waals surface area contributed by atoms with Gasteiger partial charge < -0.3 is 5.73 Å². The summed E-state index contributed by atoms with van der Waals surface area (Å²) in [6.45, 7) is 2.19. The van der Waals surface area contributed by atoms with Crippen molar-refractivity contribution in [1.29, 1.82) is 0 Å². The number of sulfonamides is 1. The van der Waals surface area contributed by atoms with Crippen molar-refractivity contribution in [3.8, 4) is 11.8 Å². The van der Waals surface area contributed by atoms with Gasteiger partial charge in [0.25, 0.3) is 0 Å². The third-order valence-electron chi connectivity index (χ3n) is 2.64. The Balaban J connectivity index is 2.25. The van der Waals surface area contributed by atoms with E-state index in [0.717, 1.165) is 24.0 Å². The van der Waals surface area contributed by atoms with Crippen LogP contribution in [0.2, 0.25) is 0 Å². The van der Waals surface area contributed by atoms with E-state index in [4.69, 9.17) is 5.73 Å². The highest BCUT2D eigenvalue weighted by Crippen LogP contribution is 2.30. The van der Waals surface area contributed by atoms with Gasteiger partial charge in [0.1, 0.15) is 0 Å². The monoisotopic (exact) mass is 264 g/mol. The Morgan fingerprint density at radius 1 is 1.39 bits per heavy atom. The third kappa shape index (κ3) is 3.25. The van der Waals surface area contributed by atoms with Crippen LogP contribution in [0.1, 0.15) is 24.0 Å². The molecule has 1 aromatic rings. The minimum absolute atomic E-state index is 0.225. The van der Waals surface area contributed by atoms with Crippen molar-refractivity contribution in [2.24, 2.45) is 5.73 Å². The van der Waals surface area contributed by atoms with Gasteiger partial charge in [-0.3, -0.25) is 4.72 Å². The second-order valence-corrected chi connectivity index (χ2v) is 6.40. The van der Waals surface area contributed by atoms with Gasteiger partial charge in [-0.25, -0.2) is 8.42 Å². The maximum absolute atomic E-state index is 11.8. The molecule has 1 saturated carbocycles. The lowest BCUT2D eigenvalue weighted by Gasteiger charge is -2.08. The lowest BCUT2D eigenvalue weighted by atomic mass is 10.1. The molecule has 0 aliphatic heterocycles. The topological polar surface area (TPSA) is 72.2 Å². The molecule has 0 bridgehead atoms. The van der Waals surface area contributed by atoms with Crippen molar-refractivity contribution in [2.45, 2.75) is 25.0 Å². The average Bonchev–Trinajstić information content (AvgIpc) is 3.08. The first-order chi connectivity index (χ1) is 8.51. The molecule has 1 fully saturated rings. The Hall–Kier alpha value is -1.51. The number of hydrogen-bond donors (Lipinski definition) is 2. The Bertz CT molecular complexity index is 608. The Labute approximate surface area is 108 Å². The predicted molar refractivity (Wildman–Crippen MR) is 72.7 cm³/mol. The summed E-state index contributed by atoms with van der Waals surface area (Å²) in [4.78, 5) is 0. The van der Waals surface area contributed by atoms with E-state index >= 15 is 0 Å². The van der Waals surface area contributed by atoms with E-state index in [1.165, 1.54) is 0 Å². The first kappa shape index (κ1) is 12.9. The smallest absolute Gasteiger partial charge is 0.235 e. The molecular formula is C13H16N2O2S. The van der Waals surface area contributed by atoms with E-state index in [1.54, 1.807) is 12.1 Å². The number of benzene rings is 1. The van der Waals surface area contributed by atoms with Gasteiger partial charge in [-0.05, 0) is 43.5 Å². The molecule has 0 spiro atoms. The molecule has 0 aromatic heterocycles. The van der Waals surface area contributed by atoms with E-state index in [2.05, 4.69) is 16.6 Å². The molecule has 0 unspecified atom stereocenters. The molecule has 5 heteroatoms. The summed E-state index contributed by atoms with van der Waals surface area (Å²) >= 11 is 0. The van der Waals surface area contributed by atoms with Crippen LogP contribution in [-0.2, 0) is 10.0 Å². The second-order valence-electron chi connectivity index (χ2n) is 4.44. The quantitative estimate of drug-likeness (QED) is 0.806. The van der Waals surface area contributed by atoms with E-state index in [1.807, 2.05) is 13.0 Å². The van der Waals surface area contributed by atoms with Gasteiger partial charge in [0, 0.05) is 11.3 Å². The molecule has 0 atom stereocenters. The summed E-state index contributed by atoms with van der Waals surface area (Å²) in [6, 6.07) is 5.43. The summed E-state index contributed by atoms with van der Waals surface area (Å²) in [5, 5.41) is -0.225. The van der Waals surface area contributed by atoms with Gasteiger partial charge in [-0.15, -0.1) is 0 Å². The molecule has 3 N–H and O–H groups in total. The Morgan fingerprint density at radius 2 is 2.11 bits per heavy atom. The van der Waals surface area contributed by atoms with Crippen LogP contribution in [-0.4, -0.2) is 20.2 Å². The van der Waals surface area contributed by atoms with Gasteiger partial charge in [0.05, 0.1) is 11.8 Å². The molecule has 18 heavy (non-hydrogen) atoms. The van der Waals surface area contributed by atoms with Crippen LogP contribution < -0.4 is 10.5 Å². The highest BCUT2D eigenvalue weighted by molar-refractivity contribution is 7.93. The van der Waals surface area contributed by atoms with Crippen LogP contribution in [0.4, 0.5) is 5.69 Å². The van der Waals surface area contributed by atoms with Crippen molar-refractivity contribution in [3.63, 3.8) is 0 Å².